The quantitative estimate of drug-likeness (QED) is 0.921. The van der Waals surface area contributed by atoms with E-state index in [-0.39, 0.29) is 11.4 Å². The number of aromatic amines is 1. The van der Waals surface area contributed by atoms with Gasteiger partial charge in [0.05, 0.1) is 11.3 Å². The van der Waals surface area contributed by atoms with Crippen LogP contribution in [0.1, 0.15) is 5.56 Å². The minimum atomic E-state index is -4.46. The number of benzene rings is 1. The third-order valence-electron chi connectivity index (χ3n) is 2.76. The van der Waals surface area contributed by atoms with Crippen LogP contribution >= 0.6 is 0 Å². The summed E-state index contributed by atoms with van der Waals surface area (Å²) in [6.07, 6.45) is -4.46. The summed E-state index contributed by atoms with van der Waals surface area (Å²) in [7, 11) is 3.09. The number of nitrogens with zero attached hydrogens (tertiary/aromatic N) is 2. The van der Waals surface area contributed by atoms with Gasteiger partial charge < -0.3 is 4.90 Å². The summed E-state index contributed by atoms with van der Waals surface area (Å²) in [5.74, 6) is 0. The van der Waals surface area contributed by atoms with Crippen LogP contribution in [0.4, 0.5) is 18.9 Å². The molecule has 4 nitrogen and oxygen atoms in total. The lowest BCUT2D eigenvalue weighted by Gasteiger charge is -2.20. The fourth-order valence-electron chi connectivity index (χ4n) is 1.82. The molecule has 0 unspecified atom stereocenters. The Bertz CT molecular complexity index is 657. The lowest BCUT2D eigenvalue weighted by atomic mass is 10.0. The number of hydrogen-bond acceptors (Lipinski definition) is 3. The SMILES string of the molecule is CN(C)c1ccc(-c2ccc(=O)[nH]n2)cc1C(F)(F)F. The highest BCUT2D eigenvalue weighted by Gasteiger charge is 2.34. The van der Waals surface area contributed by atoms with E-state index in [1.54, 1.807) is 14.1 Å². The van der Waals surface area contributed by atoms with Crippen molar-refractivity contribution in [1.29, 1.82) is 0 Å². The molecule has 0 fully saturated rings. The van der Waals surface area contributed by atoms with Gasteiger partial charge in [0.1, 0.15) is 0 Å². The van der Waals surface area contributed by atoms with Crippen molar-refractivity contribution < 1.29 is 13.2 Å². The van der Waals surface area contributed by atoms with Crippen molar-refractivity contribution in [1.82, 2.24) is 10.2 Å². The van der Waals surface area contributed by atoms with Crippen LogP contribution < -0.4 is 10.5 Å². The number of H-pyrrole nitrogens is 1. The number of alkyl halides is 3. The molecular formula is C13H12F3N3O. The van der Waals surface area contributed by atoms with E-state index in [9.17, 15) is 18.0 Å². The minimum Gasteiger partial charge on any atom is -0.377 e. The number of halogens is 3. The van der Waals surface area contributed by atoms with E-state index in [2.05, 4.69) is 10.2 Å². The molecule has 1 aromatic carbocycles. The summed E-state index contributed by atoms with van der Waals surface area (Å²) >= 11 is 0. The molecule has 7 heteroatoms. The van der Waals surface area contributed by atoms with Crippen molar-refractivity contribution in [3.63, 3.8) is 0 Å². The van der Waals surface area contributed by atoms with Gasteiger partial charge in [-0.2, -0.15) is 18.3 Å². The zero-order valence-electron chi connectivity index (χ0n) is 10.8. The average Bonchev–Trinajstić information content (AvgIpc) is 2.38. The van der Waals surface area contributed by atoms with Gasteiger partial charge in [-0.15, -0.1) is 0 Å². The Morgan fingerprint density at radius 1 is 1.15 bits per heavy atom. The first-order valence-corrected chi connectivity index (χ1v) is 5.74. The highest BCUT2D eigenvalue weighted by Crippen LogP contribution is 2.38. The molecule has 0 aliphatic rings. The van der Waals surface area contributed by atoms with Crippen molar-refractivity contribution >= 4 is 5.69 Å². The van der Waals surface area contributed by atoms with Gasteiger partial charge in [-0.05, 0) is 18.2 Å². The van der Waals surface area contributed by atoms with Crippen LogP contribution in [0, 0.1) is 0 Å². The zero-order valence-corrected chi connectivity index (χ0v) is 10.8. The molecule has 0 saturated heterocycles. The summed E-state index contributed by atoms with van der Waals surface area (Å²) in [6, 6.07) is 6.53. The molecular weight excluding hydrogens is 271 g/mol. The molecule has 0 amide bonds. The molecule has 0 atom stereocenters. The fourth-order valence-corrected chi connectivity index (χ4v) is 1.82. The van der Waals surface area contributed by atoms with Gasteiger partial charge >= 0.3 is 6.18 Å². The lowest BCUT2D eigenvalue weighted by molar-refractivity contribution is -0.137. The summed E-state index contributed by atoms with van der Waals surface area (Å²) in [6.45, 7) is 0. The molecule has 0 aliphatic heterocycles. The van der Waals surface area contributed by atoms with E-state index in [1.807, 2.05) is 0 Å². The maximum atomic E-state index is 13.1. The van der Waals surface area contributed by atoms with Crippen LogP contribution in [0.2, 0.25) is 0 Å². The molecule has 2 rings (SSSR count). The summed E-state index contributed by atoms with van der Waals surface area (Å²) in [5, 5.41) is 5.92. The summed E-state index contributed by atoms with van der Waals surface area (Å²) < 4.78 is 39.2. The van der Waals surface area contributed by atoms with Crippen molar-refractivity contribution in [3.8, 4) is 11.3 Å². The standard InChI is InChI=1S/C13H12F3N3O/c1-19(2)11-5-3-8(7-9(11)13(14,15)16)10-4-6-12(20)18-17-10/h3-7H,1-2H3,(H,18,20). The van der Waals surface area contributed by atoms with Crippen LogP contribution in [0.3, 0.4) is 0 Å². The second kappa shape index (κ2) is 4.99. The topological polar surface area (TPSA) is 49.0 Å². The Hall–Kier alpha value is -2.31. The first-order chi connectivity index (χ1) is 9.29. The highest BCUT2D eigenvalue weighted by atomic mass is 19.4. The van der Waals surface area contributed by atoms with Crippen LogP contribution in [-0.4, -0.2) is 24.3 Å². The van der Waals surface area contributed by atoms with Crippen LogP contribution in [-0.2, 0) is 6.18 Å². The van der Waals surface area contributed by atoms with Gasteiger partial charge in [-0.1, -0.05) is 6.07 Å². The van der Waals surface area contributed by atoms with E-state index in [0.717, 1.165) is 6.07 Å². The molecule has 2 aromatic rings. The Morgan fingerprint density at radius 3 is 2.35 bits per heavy atom. The van der Waals surface area contributed by atoms with Gasteiger partial charge in [0, 0.05) is 31.4 Å². The summed E-state index contributed by atoms with van der Waals surface area (Å²) in [5.41, 5.74) is -0.507. The number of nitrogens with one attached hydrogen (secondary N) is 1. The predicted octanol–water partition coefficient (Wildman–Crippen LogP) is 2.52. The second-order valence-corrected chi connectivity index (χ2v) is 4.43. The summed E-state index contributed by atoms with van der Waals surface area (Å²) in [4.78, 5) is 12.3. The molecule has 0 saturated carbocycles. The van der Waals surface area contributed by atoms with Crippen molar-refractivity contribution in [2.24, 2.45) is 0 Å². The predicted molar refractivity (Wildman–Crippen MR) is 69.6 cm³/mol. The van der Waals surface area contributed by atoms with Crippen molar-refractivity contribution in [3.05, 3.63) is 46.2 Å². The maximum absolute atomic E-state index is 13.1. The molecule has 1 N–H and O–H groups in total. The van der Waals surface area contributed by atoms with Crippen molar-refractivity contribution in [2.45, 2.75) is 6.18 Å². The number of aromatic nitrogens is 2. The molecule has 1 heterocycles. The van der Waals surface area contributed by atoms with E-state index in [1.165, 1.54) is 29.2 Å². The van der Waals surface area contributed by atoms with E-state index in [4.69, 9.17) is 0 Å². The molecule has 20 heavy (non-hydrogen) atoms. The van der Waals surface area contributed by atoms with Gasteiger partial charge in [0.25, 0.3) is 5.56 Å². The molecule has 0 bridgehead atoms. The molecule has 106 valence electrons. The van der Waals surface area contributed by atoms with Crippen LogP contribution in [0.25, 0.3) is 11.3 Å². The van der Waals surface area contributed by atoms with E-state index in [0.29, 0.717) is 5.56 Å². The van der Waals surface area contributed by atoms with Gasteiger partial charge in [-0.25, -0.2) is 5.10 Å². The number of anilines is 1. The Morgan fingerprint density at radius 2 is 1.85 bits per heavy atom. The maximum Gasteiger partial charge on any atom is 0.418 e. The number of hydrogen-bond donors (Lipinski definition) is 1. The second-order valence-electron chi connectivity index (χ2n) is 4.43. The zero-order chi connectivity index (χ0) is 14.9. The van der Waals surface area contributed by atoms with Crippen molar-refractivity contribution in [2.75, 3.05) is 19.0 Å². The van der Waals surface area contributed by atoms with Gasteiger partial charge in [0.2, 0.25) is 0 Å². The monoisotopic (exact) mass is 283 g/mol. The van der Waals surface area contributed by atoms with E-state index < -0.39 is 17.3 Å². The Kier molecular flexibility index (Phi) is 3.52. The normalized spacial score (nSPS) is 11.4. The third-order valence-corrected chi connectivity index (χ3v) is 2.76. The molecule has 1 aromatic heterocycles. The smallest absolute Gasteiger partial charge is 0.377 e. The van der Waals surface area contributed by atoms with Crippen LogP contribution in [0.15, 0.2) is 35.1 Å². The van der Waals surface area contributed by atoms with Gasteiger partial charge in [-0.3, -0.25) is 4.79 Å². The highest BCUT2D eigenvalue weighted by molar-refractivity contribution is 5.66. The third kappa shape index (κ3) is 2.81. The Balaban J connectivity index is 2.58. The first-order valence-electron chi connectivity index (χ1n) is 5.74. The molecule has 0 aliphatic carbocycles. The lowest BCUT2D eigenvalue weighted by Crippen LogP contribution is -2.16. The fraction of sp³-hybridized carbons (Fsp3) is 0.231. The molecule has 0 radical (unpaired) electrons. The minimum absolute atomic E-state index is 0.0747. The van der Waals surface area contributed by atoms with E-state index >= 15 is 0 Å². The Labute approximate surface area is 112 Å². The average molecular weight is 283 g/mol. The largest absolute Gasteiger partial charge is 0.418 e. The first kappa shape index (κ1) is 14.1. The molecule has 0 spiro atoms. The van der Waals surface area contributed by atoms with Gasteiger partial charge in [0.15, 0.2) is 0 Å². The van der Waals surface area contributed by atoms with Crippen LogP contribution in [0.5, 0.6) is 0 Å². The number of rotatable bonds is 2.